The molecule has 0 aromatic rings. The van der Waals surface area contributed by atoms with E-state index in [1.165, 1.54) is 19.3 Å². The number of hydrogen-bond acceptors (Lipinski definition) is 3. The minimum Gasteiger partial charge on any atom is -0.383 e. The average molecular weight is 215 g/mol. The predicted molar refractivity (Wildman–Crippen MR) is 62.1 cm³/mol. The van der Waals surface area contributed by atoms with E-state index < -0.39 is 0 Å². The van der Waals surface area contributed by atoms with E-state index in [1.807, 2.05) is 0 Å². The molecule has 0 aromatic carbocycles. The van der Waals surface area contributed by atoms with Gasteiger partial charge in [0.05, 0.1) is 19.8 Å². The van der Waals surface area contributed by atoms with E-state index >= 15 is 0 Å². The van der Waals surface area contributed by atoms with Crippen LogP contribution in [-0.2, 0) is 9.47 Å². The summed E-state index contributed by atoms with van der Waals surface area (Å²) in [4.78, 5) is 0. The molecule has 15 heavy (non-hydrogen) atoms. The van der Waals surface area contributed by atoms with Gasteiger partial charge in [-0.05, 0) is 6.42 Å². The molecule has 0 saturated carbocycles. The maximum Gasteiger partial charge on any atom is 0.0615 e. The van der Waals surface area contributed by atoms with Crippen molar-refractivity contribution in [3.63, 3.8) is 0 Å². The first-order chi connectivity index (χ1) is 7.20. The van der Waals surface area contributed by atoms with Crippen LogP contribution in [0.2, 0.25) is 0 Å². The summed E-state index contributed by atoms with van der Waals surface area (Å²) >= 11 is 0. The first-order valence-electron chi connectivity index (χ1n) is 6.00. The van der Waals surface area contributed by atoms with Crippen LogP contribution in [0.15, 0.2) is 0 Å². The van der Waals surface area contributed by atoms with Crippen molar-refractivity contribution in [2.45, 2.75) is 39.2 Å². The third kappa shape index (κ3) is 4.49. The maximum absolute atomic E-state index is 5.24. The molecule has 90 valence electrons. The third-order valence-electron chi connectivity index (χ3n) is 2.99. The maximum atomic E-state index is 5.24. The van der Waals surface area contributed by atoms with Crippen molar-refractivity contribution in [2.24, 2.45) is 5.41 Å². The average Bonchev–Trinajstić information content (AvgIpc) is 2.19. The lowest BCUT2D eigenvalue weighted by atomic mass is 9.88. The second-order valence-electron chi connectivity index (χ2n) is 4.98. The Hall–Kier alpha value is -0.120. The van der Waals surface area contributed by atoms with E-state index in [2.05, 4.69) is 19.2 Å². The van der Waals surface area contributed by atoms with Crippen molar-refractivity contribution in [3.8, 4) is 0 Å². The molecule has 1 saturated heterocycles. The normalized spacial score (nSPS) is 21.0. The second kappa shape index (κ2) is 6.46. The molecule has 1 aliphatic rings. The lowest BCUT2D eigenvalue weighted by Crippen LogP contribution is -2.50. The molecule has 0 bridgehead atoms. The van der Waals surface area contributed by atoms with Crippen molar-refractivity contribution in [1.82, 2.24) is 5.32 Å². The van der Waals surface area contributed by atoms with E-state index in [1.54, 1.807) is 7.11 Å². The molecule has 1 heterocycles. The van der Waals surface area contributed by atoms with Crippen LogP contribution in [0.3, 0.4) is 0 Å². The Morgan fingerprint density at radius 1 is 1.47 bits per heavy atom. The van der Waals surface area contributed by atoms with Gasteiger partial charge in [-0.15, -0.1) is 0 Å². The molecule has 1 aliphatic heterocycles. The first-order valence-corrected chi connectivity index (χ1v) is 6.00. The molecule has 3 nitrogen and oxygen atoms in total. The summed E-state index contributed by atoms with van der Waals surface area (Å²) < 4.78 is 10.5. The number of methoxy groups -OCH3 is 1. The Labute approximate surface area is 93.5 Å². The van der Waals surface area contributed by atoms with Gasteiger partial charge in [-0.3, -0.25) is 0 Å². The number of rotatable bonds is 8. The van der Waals surface area contributed by atoms with Crippen LogP contribution in [0, 0.1) is 5.41 Å². The lowest BCUT2D eigenvalue weighted by Gasteiger charge is -2.39. The highest BCUT2D eigenvalue weighted by molar-refractivity contribution is 4.84. The van der Waals surface area contributed by atoms with E-state index in [-0.39, 0.29) is 0 Å². The zero-order chi connectivity index (χ0) is 11.1. The van der Waals surface area contributed by atoms with E-state index in [4.69, 9.17) is 9.47 Å². The summed E-state index contributed by atoms with van der Waals surface area (Å²) in [5.41, 5.74) is 0.359. The van der Waals surface area contributed by atoms with Crippen molar-refractivity contribution in [3.05, 3.63) is 0 Å². The predicted octanol–water partition coefficient (Wildman–Crippen LogP) is 1.82. The van der Waals surface area contributed by atoms with Crippen molar-refractivity contribution < 1.29 is 9.47 Å². The van der Waals surface area contributed by atoms with E-state index in [9.17, 15) is 0 Å². The standard InChI is InChI=1S/C12H25NO2/c1-4-5-6-11(7-14-3)13-8-12(2)9-15-10-12/h11,13H,4-10H2,1-3H3. The molecule has 1 unspecified atom stereocenters. The quantitative estimate of drug-likeness (QED) is 0.670. The van der Waals surface area contributed by atoms with Gasteiger partial charge >= 0.3 is 0 Å². The van der Waals surface area contributed by atoms with Crippen LogP contribution in [0.5, 0.6) is 0 Å². The summed E-state index contributed by atoms with van der Waals surface area (Å²) in [7, 11) is 1.77. The molecular formula is C12H25NO2. The molecule has 0 spiro atoms. The van der Waals surface area contributed by atoms with Crippen LogP contribution in [0.4, 0.5) is 0 Å². The summed E-state index contributed by atoms with van der Waals surface area (Å²) in [5, 5.41) is 3.59. The number of hydrogen-bond donors (Lipinski definition) is 1. The molecule has 1 atom stereocenters. The second-order valence-corrected chi connectivity index (χ2v) is 4.98. The van der Waals surface area contributed by atoms with E-state index in [0.717, 1.165) is 26.4 Å². The van der Waals surface area contributed by atoms with E-state index in [0.29, 0.717) is 11.5 Å². The van der Waals surface area contributed by atoms with Gasteiger partial charge < -0.3 is 14.8 Å². The highest BCUT2D eigenvalue weighted by atomic mass is 16.5. The van der Waals surface area contributed by atoms with Crippen LogP contribution in [-0.4, -0.2) is 39.5 Å². The molecular weight excluding hydrogens is 190 g/mol. The molecule has 1 N–H and O–H groups in total. The van der Waals surface area contributed by atoms with Gasteiger partial charge in [-0.1, -0.05) is 26.7 Å². The molecule has 1 rings (SSSR count). The zero-order valence-electron chi connectivity index (χ0n) is 10.3. The highest BCUT2D eigenvalue weighted by Gasteiger charge is 2.33. The molecule has 1 fully saturated rings. The molecule has 3 heteroatoms. The number of unbranched alkanes of at least 4 members (excludes halogenated alkanes) is 1. The monoisotopic (exact) mass is 215 g/mol. The third-order valence-corrected chi connectivity index (χ3v) is 2.99. The first kappa shape index (κ1) is 12.9. The van der Waals surface area contributed by atoms with Crippen LogP contribution in [0.1, 0.15) is 33.1 Å². The van der Waals surface area contributed by atoms with Crippen molar-refractivity contribution in [2.75, 3.05) is 33.5 Å². The topological polar surface area (TPSA) is 30.5 Å². The fourth-order valence-corrected chi connectivity index (χ4v) is 1.84. The number of ether oxygens (including phenoxy) is 2. The molecule has 0 radical (unpaired) electrons. The Kier molecular flexibility index (Phi) is 5.58. The fourth-order valence-electron chi connectivity index (χ4n) is 1.84. The Balaban J connectivity index is 2.17. The smallest absolute Gasteiger partial charge is 0.0615 e. The Morgan fingerprint density at radius 3 is 2.67 bits per heavy atom. The molecule has 0 aromatic heterocycles. The Bertz CT molecular complexity index is 169. The highest BCUT2D eigenvalue weighted by Crippen LogP contribution is 2.25. The van der Waals surface area contributed by atoms with Crippen LogP contribution >= 0.6 is 0 Å². The fraction of sp³-hybridized carbons (Fsp3) is 1.00. The van der Waals surface area contributed by atoms with Gasteiger partial charge in [0.25, 0.3) is 0 Å². The lowest BCUT2D eigenvalue weighted by molar-refractivity contribution is -0.101. The molecule has 0 amide bonds. The Morgan fingerprint density at radius 2 is 2.20 bits per heavy atom. The minimum atomic E-state index is 0.359. The SMILES string of the molecule is CCCCC(COC)NCC1(C)COC1. The minimum absolute atomic E-state index is 0.359. The summed E-state index contributed by atoms with van der Waals surface area (Å²) in [6.45, 7) is 8.15. The van der Waals surface area contributed by atoms with Crippen molar-refractivity contribution >= 4 is 0 Å². The van der Waals surface area contributed by atoms with Gasteiger partial charge in [-0.2, -0.15) is 0 Å². The van der Waals surface area contributed by atoms with Crippen LogP contribution in [0.25, 0.3) is 0 Å². The summed E-state index contributed by atoms with van der Waals surface area (Å²) in [6, 6.07) is 0.507. The summed E-state index contributed by atoms with van der Waals surface area (Å²) in [6.07, 6.45) is 3.73. The number of nitrogens with one attached hydrogen (secondary N) is 1. The largest absolute Gasteiger partial charge is 0.383 e. The van der Waals surface area contributed by atoms with Gasteiger partial charge in [0.15, 0.2) is 0 Å². The van der Waals surface area contributed by atoms with Gasteiger partial charge in [0.1, 0.15) is 0 Å². The zero-order valence-corrected chi connectivity index (χ0v) is 10.3. The van der Waals surface area contributed by atoms with Crippen molar-refractivity contribution in [1.29, 1.82) is 0 Å². The van der Waals surface area contributed by atoms with Crippen LogP contribution < -0.4 is 5.32 Å². The molecule has 0 aliphatic carbocycles. The van der Waals surface area contributed by atoms with Gasteiger partial charge in [0, 0.05) is 25.1 Å². The van der Waals surface area contributed by atoms with Gasteiger partial charge in [-0.25, -0.2) is 0 Å². The van der Waals surface area contributed by atoms with Gasteiger partial charge in [0.2, 0.25) is 0 Å². The summed E-state index contributed by atoms with van der Waals surface area (Å²) in [5.74, 6) is 0.